The van der Waals surface area contributed by atoms with Gasteiger partial charge in [-0.05, 0) is 41.6 Å². The van der Waals surface area contributed by atoms with E-state index in [0.717, 1.165) is 14.1 Å². The predicted molar refractivity (Wildman–Crippen MR) is 89.7 cm³/mol. The predicted octanol–water partition coefficient (Wildman–Crippen LogP) is 3.02. The lowest BCUT2D eigenvalue weighted by atomic mass is 10.2. The summed E-state index contributed by atoms with van der Waals surface area (Å²) in [6, 6.07) is 7.31. The topological polar surface area (TPSA) is 68.3 Å². The molecule has 110 valence electrons. The highest BCUT2D eigenvalue weighted by Crippen LogP contribution is 2.24. The standard InChI is InChI=1S/C14H13IN2O3S/c1-8-11(7-12(18)20-2)21-14(16-8)17-13(19)9-5-3-4-6-10(9)15/h3-6H,7H2,1-2H3,(H,16,17,19). The SMILES string of the molecule is COC(=O)Cc1sc(NC(=O)c2ccccc2I)nc1C. The molecule has 0 saturated carbocycles. The zero-order valence-corrected chi connectivity index (χ0v) is 14.4. The van der Waals surface area contributed by atoms with Crippen LogP contribution in [-0.4, -0.2) is 24.0 Å². The van der Waals surface area contributed by atoms with Gasteiger partial charge in [-0.2, -0.15) is 0 Å². The maximum Gasteiger partial charge on any atom is 0.310 e. The Morgan fingerprint density at radius 1 is 1.38 bits per heavy atom. The number of ether oxygens (including phenoxy) is 1. The van der Waals surface area contributed by atoms with Crippen LogP contribution >= 0.6 is 33.9 Å². The van der Waals surface area contributed by atoms with Crippen LogP contribution in [0.4, 0.5) is 5.13 Å². The number of aromatic nitrogens is 1. The van der Waals surface area contributed by atoms with Crippen LogP contribution in [0.1, 0.15) is 20.9 Å². The van der Waals surface area contributed by atoms with Gasteiger partial charge in [0.05, 0.1) is 24.8 Å². The highest BCUT2D eigenvalue weighted by Gasteiger charge is 2.15. The molecule has 7 heteroatoms. The number of carbonyl (C=O) groups excluding carboxylic acids is 2. The number of nitrogens with one attached hydrogen (secondary N) is 1. The molecule has 1 heterocycles. The van der Waals surface area contributed by atoms with Crippen molar-refractivity contribution in [3.05, 3.63) is 44.0 Å². The van der Waals surface area contributed by atoms with Gasteiger partial charge in [-0.1, -0.05) is 12.1 Å². The molecule has 21 heavy (non-hydrogen) atoms. The van der Waals surface area contributed by atoms with E-state index in [2.05, 4.69) is 37.6 Å². The number of thiazole rings is 1. The van der Waals surface area contributed by atoms with Gasteiger partial charge in [0, 0.05) is 8.45 Å². The van der Waals surface area contributed by atoms with Crippen molar-refractivity contribution in [2.45, 2.75) is 13.3 Å². The van der Waals surface area contributed by atoms with Crippen LogP contribution < -0.4 is 5.32 Å². The number of hydrogen-bond acceptors (Lipinski definition) is 5. The summed E-state index contributed by atoms with van der Waals surface area (Å²) in [6.07, 6.45) is 0.165. The number of carbonyl (C=O) groups is 2. The lowest BCUT2D eigenvalue weighted by molar-refractivity contribution is -0.139. The second-order valence-electron chi connectivity index (χ2n) is 4.21. The zero-order valence-electron chi connectivity index (χ0n) is 11.5. The molecule has 1 aromatic heterocycles. The summed E-state index contributed by atoms with van der Waals surface area (Å²) in [5, 5.41) is 3.25. The van der Waals surface area contributed by atoms with Crippen LogP contribution in [0.2, 0.25) is 0 Å². The maximum atomic E-state index is 12.2. The van der Waals surface area contributed by atoms with Gasteiger partial charge in [-0.15, -0.1) is 11.3 Å². The minimum atomic E-state index is -0.322. The van der Waals surface area contributed by atoms with E-state index in [1.807, 2.05) is 18.2 Å². The van der Waals surface area contributed by atoms with E-state index in [1.165, 1.54) is 18.4 Å². The van der Waals surface area contributed by atoms with Crippen LogP contribution in [-0.2, 0) is 16.0 Å². The van der Waals surface area contributed by atoms with Gasteiger partial charge in [0.25, 0.3) is 5.91 Å². The second-order valence-corrected chi connectivity index (χ2v) is 6.46. The number of aryl methyl sites for hydroxylation is 1. The van der Waals surface area contributed by atoms with Gasteiger partial charge in [0.15, 0.2) is 5.13 Å². The van der Waals surface area contributed by atoms with Crippen LogP contribution in [0, 0.1) is 10.5 Å². The van der Waals surface area contributed by atoms with Gasteiger partial charge in [-0.25, -0.2) is 4.98 Å². The first-order valence-electron chi connectivity index (χ1n) is 6.10. The van der Waals surface area contributed by atoms with Crippen molar-refractivity contribution in [2.24, 2.45) is 0 Å². The van der Waals surface area contributed by atoms with Crippen molar-refractivity contribution >= 4 is 50.9 Å². The molecule has 2 aromatic rings. The molecule has 0 aliphatic rings. The van der Waals surface area contributed by atoms with E-state index < -0.39 is 0 Å². The molecule has 5 nitrogen and oxygen atoms in total. The first kappa shape index (κ1) is 15.9. The number of methoxy groups -OCH3 is 1. The Morgan fingerprint density at radius 2 is 2.10 bits per heavy atom. The van der Waals surface area contributed by atoms with Gasteiger partial charge in [0.1, 0.15) is 0 Å². The molecule has 0 unspecified atom stereocenters. The highest BCUT2D eigenvalue weighted by atomic mass is 127. The Bertz CT molecular complexity index is 685. The van der Waals surface area contributed by atoms with E-state index in [4.69, 9.17) is 0 Å². The molecule has 0 fully saturated rings. The molecule has 0 bridgehead atoms. The summed E-state index contributed by atoms with van der Waals surface area (Å²) in [7, 11) is 1.35. The molecule has 0 aliphatic heterocycles. The number of halogens is 1. The van der Waals surface area contributed by atoms with Crippen molar-refractivity contribution in [1.29, 1.82) is 0 Å². The summed E-state index contributed by atoms with van der Waals surface area (Å²) in [4.78, 5) is 28.6. The van der Waals surface area contributed by atoms with Crippen molar-refractivity contribution in [2.75, 3.05) is 12.4 Å². The van der Waals surface area contributed by atoms with Crippen molar-refractivity contribution in [3.8, 4) is 0 Å². The molecule has 0 atom stereocenters. The molecule has 0 saturated heterocycles. The summed E-state index contributed by atoms with van der Waals surface area (Å²) in [5.41, 5.74) is 1.32. The molecule has 0 aliphatic carbocycles. The van der Waals surface area contributed by atoms with E-state index in [0.29, 0.717) is 10.7 Å². The van der Waals surface area contributed by atoms with Crippen LogP contribution in [0.15, 0.2) is 24.3 Å². The quantitative estimate of drug-likeness (QED) is 0.615. The second kappa shape index (κ2) is 6.99. The first-order chi connectivity index (χ1) is 10.0. The molecule has 0 spiro atoms. The number of nitrogens with zero attached hydrogens (tertiary/aromatic N) is 1. The average molecular weight is 416 g/mol. The Morgan fingerprint density at radius 3 is 2.76 bits per heavy atom. The number of rotatable bonds is 4. The van der Waals surface area contributed by atoms with Crippen LogP contribution in [0.25, 0.3) is 0 Å². The van der Waals surface area contributed by atoms with Gasteiger partial charge in [0.2, 0.25) is 0 Å². The van der Waals surface area contributed by atoms with Crippen LogP contribution in [0.3, 0.4) is 0 Å². The molecular formula is C14H13IN2O3S. The molecule has 1 N–H and O–H groups in total. The molecule has 1 aromatic carbocycles. The zero-order chi connectivity index (χ0) is 15.4. The summed E-state index contributed by atoms with van der Waals surface area (Å²) in [5.74, 6) is -0.532. The van der Waals surface area contributed by atoms with E-state index in [-0.39, 0.29) is 18.3 Å². The molecule has 2 rings (SSSR count). The minimum Gasteiger partial charge on any atom is -0.469 e. The Labute approximate surface area is 139 Å². The largest absolute Gasteiger partial charge is 0.469 e. The lowest BCUT2D eigenvalue weighted by Crippen LogP contribution is -2.13. The Hall–Kier alpha value is -1.48. The van der Waals surface area contributed by atoms with Gasteiger partial charge < -0.3 is 4.74 Å². The number of hydrogen-bond donors (Lipinski definition) is 1. The van der Waals surface area contributed by atoms with Crippen molar-refractivity contribution in [1.82, 2.24) is 4.98 Å². The van der Waals surface area contributed by atoms with E-state index >= 15 is 0 Å². The Balaban J connectivity index is 2.14. The fourth-order valence-electron chi connectivity index (χ4n) is 1.66. The maximum absolute atomic E-state index is 12.2. The molecular weight excluding hydrogens is 403 g/mol. The third-order valence-corrected chi connectivity index (χ3v) is 4.78. The van der Waals surface area contributed by atoms with Crippen molar-refractivity contribution < 1.29 is 14.3 Å². The average Bonchev–Trinajstić information content (AvgIpc) is 2.78. The monoisotopic (exact) mass is 416 g/mol. The van der Waals surface area contributed by atoms with Crippen molar-refractivity contribution in [3.63, 3.8) is 0 Å². The van der Waals surface area contributed by atoms with E-state index in [1.54, 1.807) is 13.0 Å². The Kier molecular flexibility index (Phi) is 5.29. The normalized spacial score (nSPS) is 10.2. The van der Waals surface area contributed by atoms with Gasteiger partial charge >= 0.3 is 5.97 Å². The van der Waals surface area contributed by atoms with Crippen LogP contribution in [0.5, 0.6) is 0 Å². The molecule has 0 radical (unpaired) electrons. The fourth-order valence-corrected chi connectivity index (χ4v) is 3.23. The number of benzene rings is 1. The summed E-state index contributed by atoms with van der Waals surface area (Å²) >= 11 is 3.40. The third kappa shape index (κ3) is 4.01. The minimum absolute atomic E-state index is 0.165. The lowest BCUT2D eigenvalue weighted by Gasteiger charge is -2.03. The number of anilines is 1. The third-order valence-electron chi connectivity index (χ3n) is 2.76. The fraction of sp³-hybridized carbons (Fsp3) is 0.214. The van der Waals surface area contributed by atoms with Gasteiger partial charge in [-0.3, -0.25) is 14.9 Å². The summed E-state index contributed by atoms with van der Waals surface area (Å²) in [6.45, 7) is 1.80. The highest BCUT2D eigenvalue weighted by molar-refractivity contribution is 14.1. The molecule has 1 amide bonds. The number of esters is 1. The smallest absolute Gasteiger partial charge is 0.310 e. The summed E-state index contributed by atoms with van der Waals surface area (Å²) < 4.78 is 5.51. The number of amides is 1. The first-order valence-corrected chi connectivity index (χ1v) is 7.99. The van der Waals surface area contributed by atoms with E-state index in [9.17, 15) is 9.59 Å².